The van der Waals surface area contributed by atoms with Crippen LogP contribution in [0.25, 0.3) is 0 Å². The molecule has 3 nitrogen and oxygen atoms in total. The average Bonchev–Trinajstić information content (AvgIpc) is 3.08. The van der Waals surface area contributed by atoms with Gasteiger partial charge in [0, 0.05) is 3.57 Å². The molecule has 1 aliphatic rings. The smallest absolute Gasteiger partial charge is 0.315 e. The van der Waals surface area contributed by atoms with E-state index in [0.29, 0.717) is 6.42 Å². The molecule has 0 aromatic heterocycles. The highest BCUT2D eigenvalue weighted by atomic mass is 127. The van der Waals surface area contributed by atoms with Crippen LogP contribution >= 0.6 is 22.6 Å². The molecule has 2 atom stereocenters. The summed E-state index contributed by atoms with van der Waals surface area (Å²) < 4.78 is 13.0. The summed E-state index contributed by atoms with van der Waals surface area (Å²) in [6.45, 7) is 10.9. The van der Waals surface area contributed by atoms with Crippen LogP contribution in [0.3, 0.4) is 0 Å². The normalized spacial score (nSPS) is 27.1. The van der Waals surface area contributed by atoms with Crippen LogP contribution in [0.4, 0.5) is 0 Å². The number of hydrogen-bond acceptors (Lipinski definition) is 3. The summed E-state index contributed by atoms with van der Waals surface area (Å²) in [4.78, 5) is 12.7. The molecule has 1 aliphatic carbocycles. The lowest BCUT2D eigenvalue weighted by Gasteiger charge is -2.34. The molecule has 1 aromatic carbocycles. The van der Waals surface area contributed by atoms with Gasteiger partial charge in [-0.2, -0.15) is 0 Å². The van der Waals surface area contributed by atoms with Crippen LogP contribution in [0.1, 0.15) is 25.8 Å². The zero-order chi connectivity index (χ0) is 17.5. The second-order valence-electron chi connectivity index (χ2n) is 7.78. The number of rotatable bonds is 6. The van der Waals surface area contributed by atoms with Crippen LogP contribution in [-0.4, -0.2) is 27.0 Å². The topological polar surface area (TPSA) is 35.5 Å². The molecule has 2 rings (SSSR count). The van der Waals surface area contributed by atoms with E-state index in [9.17, 15) is 4.79 Å². The Kier molecular flexibility index (Phi) is 5.33. The van der Waals surface area contributed by atoms with Crippen LogP contribution in [0.15, 0.2) is 24.3 Å². The monoisotopic (exact) mass is 446 g/mol. The van der Waals surface area contributed by atoms with Crippen molar-refractivity contribution in [2.75, 3.05) is 7.11 Å². The fraction of sp³-hybridized carbons (Fsp3) is 0.611. The van der Waals surface area contributed by atoms with E-state index < -0.39 is 19.3 Å². The molecule has 5 heteroatoms. The van der Waals surface area contributed by atoms with Gasteiger partial charge >= 0.3 is 5.97 Å². The Balaban J connectivity index is 2.43. The molecule has 1 saturated carbocycles. The summed E-state index contributed by atoms with van der Waals surface area (Å²) in [6, 6.07) is 8.24. The minimum Gasteiger partial charge on any atom is -0.468 e. The lowest BCUT2D eigenvalue weighted by atomic mass is 9.87. The second kappa shape index (κ2) is 6.48. The zero-order valence-electron chi connectivity index (χ0n) is 14.9. The Morgan fingerprint density at radius 3 is 2.39 bits per heavy atom. The van der Waals surface area contributed by atoms with E-state index in [1.54, 1.807) is 0 Å². The molecule has 1 aromatic rings. The van der Waals surface area contributed by atoms with Crippen molar-refractivity contribution in [2.24, 2.45) is 11.3 Å². The SMILES string of the molecule is COC(=O)[C@@]1(Cc2ccccc2I)C[C@@]1(O[Si](C)(C)C)C(C)C. The van der Waals surface area contributed by atoms with Crippen molar-refractivity contribution in [1.82, 2.24) is 0 Å². The lowest BCUT2D eigenvalue weighted by Crippen LogP contribution is -2.44. The van der Waals surface area contributed by atoms with E-state index in [4.69, 9.17) is 9.16 Å². The first kappa shape index (κ1) is 18.9. The van der Waals surface area contributed by atoms with Gasteiger partial charge in [0.15, 0.2) is 8.32 Å². The van der Waals surface area contributed by atoms with E-state index in [1.807, 2.05) is 12.1 Å². The summed E-state index contributed by atoms with van der Waals surface area (Å²) >= 11 is 2.34. The van der Waals surface area contributed by atoms with Gasteiger partial charge in [-0.05, 0) is 72.6 Å². The number of carbonyl (C=O) groups excluding carboxylic acids is 1. The van der Waals surface area contributed by atoms with Gasteiger partial charge in [0.05, 0.1) is 12.7 Å². The maximum Gasteiger partial charge on any atom is 0.315 e. The summed E-state index contributed by atoms with van der Waals surface area (Å²) in [5.41, 5.74) is 0.237. The van der Waals surface area contributed by atoms with Crippen molar-refractivity contribution in [1.29, 1.82) is 0 Å². The maximum atomic E-state index is 12.7. The summed E-state index contributed by atoms with van der Waals surface area (Å²) in [7, 11) is -0.297. The Labute approximate surface area is 154 Å². The van der Waals surface area contributed by atoms with Gasteiger partial charge in [-0.15, -0.1) is 0 Å². The molecule has 0 amide bonds. The molecule has 1 fully saturated rings. The molecule has 0 N–H and O–H groups in total. The Hall–Kier alpha value is -0.403. The third-order valence-electron chi connectivity index (χ3n) is 4.70. The van der Waals surface area contributed by atoms with E-state index >= 15 is 0 Å². The summed E-state index contributed by atoms with van der Waals surface area (Å²) in [5.74, 6) is 0.138. The van der Waals surface area contributed by atoms with Crippen LogP contribution in [0, 0.1) is 14.9 Å². The number of esters is 1. The van der Waals surface area contributed by atoms with Gasteiger partial charge in [0.2, 0.25) is 0 Å². The first-order chi connectivity index (χ1) is 10.6. The van der Waals surface area contributed by atoms with Gasteiger partial charge in [0.25, 0.3) is 0 Å². The average molecular weight is 446 g/mol. The van der Waals surface area contributed by atoms with E-state index in [0.717, 1.165) is 6.42 Å². The maximum absolute atomic E-state index is 12.7. The molecule has 128 valence electrons. The Bertz CT molecular complexity index is 596. The van der Waals surface area contributed by atoms with E-state index in [2.05, 4.69) is 68.2 Å². The Morgan fingerprint density at radius 1 is 1.30 bits per heavy atom. The quantitative estimate of drug-likeness (QED) is 0.363. The number of ether oxygens (including phenoxy) is 1. The van der Waals surface area contributed by atoms with Gasteiger partial charge in [-0.3, -0.25) is 4.79 Å². The second-order valence-corrected chi connectivity index (χ2v) is 13.4. The standard InChI is InChI=1S/C18H27IO3Si/c1-13(2)18(22-23(4,5)6)12-17(18,16(20)21-3)11-14-9-7-8-10-15(14)19/h7-10,13H,11-12H2,1-6H3/t17-,18-/m1/s1. The third kappa shape index (κ3) is 3.51. The van der Waals surface area contributed by atoms with Gasteiger partial charge in [-0.1, -0.05) is 32.0 Å². The number of methoxy groups -OCH3 is 1. The lowest BCUT2D eigenvalue weighted by molar-refractivity contribution is -0.150. The van der Waals surface area contributed by atoms with E-state index in [1.165, 1.54) is 16.2 Å². The summed E-state index contributed by atoms with van der Waals surface area (Å²) in [5, 5.41) is 0. The molecule has 0 heterocycles. The predicted molar refractivity (Wildman–Crippen MR) is 104 cm³/mol. The van der Waals surface area contributed by atoms with Crippen molar-refractivity contribution >= 4 is 36.9 Å². The van der Waals surface area contributed by atoms with Crippen molar-refractivity contribution in [3.05, 3.63) is 33.4 Å². The highest BCUT2D eigenvalue weighted by Crippen LogP contribution is 2.66. The first-order valence-electron chi connectivity index (χ1n) is 8.10. The molecule has 0 spiro atoms. The van der Waals surface area contributed by atoms with Gasteiger partial charge in [-0.25, -0.2) is 0 Å². The minimum atomic E-state index is -1.78. The molecule has 0 unspecified atom stereocenters. The van der Waals surface area contributed by atoms with Crippen molar-refractivity contribution in [3.8, 4) is 0 Å². The Morgan fingerprint density at radius 2 is 1.91 bits per heavy atom. The van der Waals surface area contributed by atoms with Crippen molar-refractivity contribution < 1.29 is 14.0 Å². The zero-order valence-corrected chi connectivity index (χ0v) is 18.1. The molecular formula is C18H27IO3Si. The molecule has 0 radical (unpaired) electrons. The van der Waals surface area contributed by atoms with Crippen molar-refractivity contribution in [3.63, 3.8) is 0 Å². The molecule has 23 heavy (non-hydrogen) atoms. The third-order valence-corrected chi connectivity index (χ3v) is 6.73. The molecule has 0 saturated heterocycles. The van der Waals surface area contributed by atoms with Crippen LogP contribution in [-0.2, 0) is 20.4 Å². The molecular weight excluding hydrogens is 419 g/mol. The first-order valence-corrected chi connectivity index (χ1v) is 12.6. The minimum absolute atomic E-state index is 0.135. The fourth-order valence-electron chi connectivity index (χ4n) is 3.65. The summed E-state index contributed by atoms with van der Waals surface area (Å²) in [6.07, 6.45) is 1.43. The van der Waals surface area contributed by atoms with E-state index in [-0.39, 0.29) is 11.9 Å². The molecule has 0 aliphatic heterocycles. The van der Waals surface area contributed by atoms with Crippen LogP contribution in [0.2, 0.25) is 19.6 Å². The van der Waals surface area contributed by atoms with Crippen LogP contribution < -0.4 is 0 Å². The highest BCUT2D eigenvalue weighted by molar-refractivity contribution is 14.1. The predicted octanol–water partition coefficient (Wildman–Crippen LogP) is 4.64. The largest absolute Gasteiger partial charge is 0.468 e. The van der Waals surface area contributed by atoms with Crippen molar-refractivity contribution in [2.45, 2.75) is 51.9 Å². The van der Waals surface area contributed by atoms with Crippen LogP contribution in [0.5, 0.6) is 0 Å². The van der Waals surface area contributed by atoms with Gasteiger partial charge in [0.1, 0.15) is 5.41 Å². The number of hydrogen-bond donors (Lipinski definition) is 0. The highest BCUT2D eigenvalue weighted by Gasteiger charge is 2.75. The number of carbonyl (C=O) groups is 1. The number of benzene rings is 1. The van der Waals surface area contributed by atoms with Gasteiger partial charge < -0.3 is 9.16 Å². The molecule has 0 bridgehead atoms. The fourth-order valence-corrected chi connectivity index (χ4v) is 5.82. The number of halogens is 1.